The highest BCUT2D eigenvalue weighted by Crippen LogP contribution is 2.31. The van der Waals surface area contributed by atoms with Gasteiger partial charge in [-0.3, -0.25) is 4.99 Å². The lowest BCUT2D eigenvalue weighted by atomic mass is 9.85. The Hall–Kier alpha value is -2.55. The molecule has 3 nitrogen and oxygen atoms in total. The van der Waals surface area contributed by atoms with Crippen LogP contribution in [-0.4, -0.2) is 17.9 Å². The van der Waals surface area contributed by atoms with Gasteiger partial charge in [-0.2, -0.15) is 0 Å². The van der Waals surface area contributed by atoms with Crippen LogP contribution in [0.15, 0.2) is 53.5 Å². The maximum absolute atomic E-state index is 5.25. The molecule has 0 aliphatic heterocycles. The van der Waals surface area contributed by atoms with Crippen LogP contribution in [0.1, 0.15) is 49.8 Å². The van der Waals surface area contributed by atoms with Gasteiger partial charge in [0.1, 0.15) is 5.75 Å². The molecule has 3 heteroatoms. The number of rotatable bonds is 6. The SMILES string of the molecule is COc1ccc(N=Cc2c(CCC3CCCCC3)n(C)c3ccccc23)cc1. The molecule has 4 rings (SSSR count). The van der Waals surface area contributed by atoms with E-state index < -0.39 is 0 Å². The molecule has 0 atom stereocenters. The molecule has 1 aliphatic carbocycles. The van der Waals surface area contributed by atoms with Gasteiger partial charge in [-0.05, 0) is 49.1 Å². The highest BCUT2D eigenvalue weighted by atomic mass is 16.5. The summed E-state index contributed by atoms with van der Waals surface area (Å²) in [6.45, 7) is 0. The van der Waals surface area contributed by atoms with E-state index in [0.717, 1.165) is 23.8 Å². The van der Waals surface area contributed by atoms with E-state index in [-0.39, 0.29) is 0 Å². The minimum absolute atomic E-state index is 0.859. The molecule has 2 aromatic carbocycles. The van der Waals surface area contributed by atoms with E-state index in [2.05, 4.69) is 42.1 Å². The molecule has 0 N–H and O–H groups in total. The van der Waals surface area contributed by atoms with Crippen LogP contribution in [0.2, 0.25) is 0 Å². The Morgan fingerprint density at radius 3 is 2.54 bits per heavy atom. The molecule has 1 heterocycles. The Morgan fingerprint density at radius 2 is 1.79 bits per heavy atom. The van der Waals surface area contributed by atoms with Crippen molar-refractivity contribution in [3.8, 4) is 5.75 Å². The monoisotopic (exact) mass is 374 g/mol. The zero-order valence-corrected chi connectivity index (χ0v) is 17.0. The zero-order chi connectivity index (χ0) is 19.3. The van der Waals surface area contributed by atoms with Gasteiger partial charge in [-0.15, -0.1) is 0 Å². The third kappa shape index (κ3) is 3.99. The Balaban J connectivity index is 1.63. The smallest absolute Gasteiger partial charge is 0.119 e. The zero-order valence-electron chi connectivity index (χ0n) is 17.0. The van der Waals surface area contributed by atoms with Gasteiger partial charge in [0, 0.05) is 35.4 Å². The van der Waals surface area contributed by atoms with E-state index in [1.807, 2.05) is 24.3 Å². The Kier molecular flexibility index (Phi) is 5.80. The second-order valence-corrected chi connectivity index (χ2v) is 7.94. The minimum atomic E-state index is 0.859. The van der Waals surface area contributed by atoms with Crippen LogP contribution in [-0.2, 0) is 13.5 Å². The summed E-state index contributed by atoms with van der Waals surface area (Å²) in [4.78, 5) is 4.78. The van der Waals surface area contributed by atoms with Crippen LogP contribution < -0.4 is 4.74 Å². The summed E-state index contributed by atoms with van der Waals surface area (Å²) >= 11 is 0. The van der Waals surface area contributed by atoms with Crippen molar-refractivity contribution in [2.24, 2.45) is 18.0 Å². The molecule has 146 valence electrons. The molecule has 0 unspecified atom stereocenters. The number of benzene rings is 2. The largest absolute Gasteiger partial charge is 0.497 e. The van der Waals surface area contributed by atoms with E-state index in [1.165, 1.54) is 60.7 Å². The fourth-order valence-electron chi connectivity index (χ4n) is 4.55. The number of methoxy groups -OCH3 is 1. The van der Waals surface area contributed by atoms with Gasteiger partial charge < -0.3 is 9.30 Å². The van der Waals surface area contributed by atoms with Crippen molar-refractivity contribution in [3.05, 3.63) is 59.8 Å². The Labute approximate surface area is 168 Å². The third-order valence-electron chi connectivity index (χ3n) is 6.20. The molecule has 0 saturated heterocycles. The molecule has 1 fully saturated rings. The third-order valence-corrected chi connectivity index (χ3v) is 6.20. The first kappa shape index (κ1) is 18.8. The maximum Gasteiger partial charge on any atom is 0.119 e. The predicted molar refractivity (Wildman–Crippen MR) is 118 cm³/mol. The van der Waals surface area contributed by atoms with Crippen molar-refractivity contribution in [1.82, 2.24) is 4.57 Å². The first-order chi connectivity index (χ1) is 13.8. The van der Waals surface area contributed by atoms with E-state index >= 15 is 0 Å². The summed E-state index contributed by atoms with van der Waals surface area (Å²) in [5, 5.41) is 1.29. The number of hydrogen-bond donors (Lipinski definition) is 0. The Bertz CT molecular complexity index is 947. The molecule has 0 spiro atoms. The number of aryl methyl sites for hydroxylation is 1. The fourth-order valence-corrected chi connectivity index (χ4v) is 4.55. The molecule has 28 heavy (non-hydrogen) atoms. The lowest BCUT2D eigenvalue weighted by Crippen LogP contribution is -2.09. The van der Waals surface area contributed by atoms with Crippen LogP contribution in [0.25, 0.3) is 10.9 Å². The molecular formula is C25H30N2O. The van der Waals surface area contributed by atoms with Crippen LogP contribution in [0.3, 0.4) is 0 Å². The standard InChI is InChI=1S/C25H30N2O/c1-27-24-11-7-6-10-22(24)23(18-26-20-13-15-21(28-2)16-14-20)25(27)17-12-19-8-4-3-5-9-19/h6-7,10-11,13-16,18-19H,3-5,8-9,12,17H2,1-2H3. The number of aromatic nitrogens is 1. The minimum Gasteiger partial charge on any atom is -0.497 e. The fraction of sp³-hybridized carbons (Fsp3) is 0.400. The van der Waals surface area contributed by atoms with Gasteiger partial charge in [0.15, 0.2) is 0 Å². The van der Waals surface area contributed by atoms with Crippen molar-refractivity contribution in [3.63, 3.8) is 0 Å². The van der Waals surface area contributed by atoms with Crippen molar-refractivity contribution in [2.75, 3.05) is 7.11 Å². The summed E-state index contributed by atoms with van der Waals surface area (Å²) in [7, 11) is 3.89. The molecule has 0 radical (unpaired) electrons. The van der Waals surface area contributed by atoms with Gasteiger partial charge in [-0.25, -0.2) is 0 Å². The van der Waals surface area contributed by atoms with Crippen molar-refractivity contribution in [1.29, 1.82) is 0 Å². The molecule has 1 aromatic heterocycles. The van der Waals surface area contributed by atoms with Crippen LogP contribution >= 0.6 is 0 Å². The van der Waals surface area contributed by atoms with Crippen LogP contribution in [0.5, 0.6) is 5.75 Å². The quantitative estimate of drug-likeness (QED) is 0.455. The van der Waals surface area contributed by atoms with E-state index in [4.69, 9.17) is 9.73 Å². The molecule has 0 bridgehead atoms. The number of para-hydroxylation sites is 1. The number of aliphatic imine (C=N–C) groups is 1. The molecule has 0 amide bonds. The second kappa shape index (κ2) is 8.64. The van der Waals surface area contributed by atoms with Crippen LogP contribution in [0, 0.1) is 5.92 Å². The van der Waals surface area contributed by atoms with Gasteiger partial charge in [-0.1, -0.05) is 50.3 Å². The summed E-state index contributed by atoms with van der Waals surface area (Å²) in [5.74, 6) is 1.75. The van der Waals surface area contributed by atoms with Crippen molar-refractivity contribution >= 4 is 22.8 Å². The maximum atomic E-state index is 5.25. The van der Waals surface area contributed by atoms with Gasteiger partial charge in [0.2, 0.25) is 0 Å². The van der Waals surface area contributed by atoms with E-state index in [9.17, 15) is 0 Å². The Morgan fingerprint density at radius 1 is 1.04 bits per heavy atom. The normalized spacial score (nSPS) is 15.5. The number of hydrogen-bond acceptors (Lipinski definition) is 2. The molecular weight excluding hydrogens is 344 g/mol. The number of ether oxygens (including phenoxy) is 1. The van der Waals surface area contributed by atoms with Gasteiger partial charge >= 0.3 is 0 Å². The number of fused-ring (bicyclic) bond motifs is 1. The lowest BCUT2D eigenvalue weighted by Gasteiger charge is -2.21. The average Bonchev–Trinajstić information content (AvgIpc) is 3.03. The first-order valence-electron chi connectivity index (χ1n) is 10.5. The van der Waals surface area contributed by atoms with Crippen molar-refractivity contribution < 1.29 is 4.74 Å². The second-order valence-electron chi connectivity index (χ2n) is 7.94. The van der Waals surface area contributed by atoms with Crippen molar-refractivity contribution in [2.45, 2.75) is 44.9 Å². The summed E-state index contributed by atoms with van der Waals surface area (Å²) in [5.41, 5.74) is 4.91. The summed E-state index contributed by atoms with van der Waals surface area (Å²) < 4.78 is 7.61. The first-order valence-corrected chi connectivity index (χ1v) is 10.5. The number of nitrogens with zero attached hydrogens (tertiary/aromatic N) is 2. The molecule has 1 aliphatic rings. The van der Waals surface area contributed by atoms with Gasteiger partial charge in [0.05, 0.1) is 12.8 Å². The molecule has 1 saturated carbocycles. The predicted octanol–water partition coefficient (Wildman–Crippen LogP) is 6.45. The highest BCUT2D eigenvalue weighted by Gasteiger charge is 2.17. The molecule has 3 aromatic rings. The lowest BCUT2D eigenvalue weighted by molar-refractivity contribution is 0.337. The topological polar surface area (TPSA) is 26.5 Å². The summed E-state index contributed by atoms with van der Waals surface area (Å²) in [6, 6.07) is 16.6. The average molecular weight is 375 g/mol. The highest BCUT2D eigenvalue weighted by molar-refractivity contribution is 6.01. The van der Waals surface area contributed by atoms with E-state index in [0.29, 0.717) is 0 Å². The van der Waals surface area contributed by atoms with E-state index in [1.54, 1.807) is 7.11 Å². The van der Waals surface area contributed by atoms with Gasteiger partial charge in [0.25, 0.3) is 0 Å². The van der Waals surface area contributed by atoms with Crippen LogP contribution in [0.4, 0.5) is 5.69 Å². The summed E-state index contributed by atoms with van der Waals surface area (Å²) in [6.07, 6.45) is 11.5.